The summed E-state index contributed by atoms with van der Waals surface area (Å²) in [5, 5.41) is 4.19. The molecule has 2 heterocycles. The highest BCUT2D eigenvalue weighted by molar-refractivity contribution is 7.05. The summed E-state index contributed by atoms with van der Waals surface area (Å²) in [6.07, 6.45) is 3.00. The van der Waals surface area contributed by atoms with Gasteiger partial charge in [0, 0.05) is 11.8 Å². The van der Waals surface area contributed by atoms with Crippen LogP contribution in [-0.4, -0.2) is 16.2 Å². The standard InChI is InChI=1S/C11H17N3OS/c1-11(2,3)10-9(16-14-13-10)8(12)7-5-4-6-15-7/h5,8H,4,6,12H2,1-3H3. The Morgan fingerprint density at radius 3 is 2.81 bits per heavy atom. The summed E-state index contributed by atoms with van der Waals surface area (Å²) in [4.78, 5) is 1.01. The molecule has 0 bridgehead atoms. The van der Waals surface area contributed by atoms with Gasteiger partial charge in [0.15, 0.2) is 0 Å². The zero-order valence-electron chi connectivity index (χ0n) is 9.86. The van der Waals surface area contributed by atoms with Crippen LogP contribution in [0.25, 0.3) is 0 Å². The van der Waals surface area contributed by atoms with Crippen LogP contribution in [0.2, 0.25) is 0 Å². The van der Waals surface area contributed by atoms with E-state index in [0.29, 0.717) is 0 Å². The fourth-order valence-corrected chi connectivity index (χ4v) is 2.58. The number of ether oxygens (including phenoxy) is 1. The predicted octanol–water partition coefficient (Wildman–Crippen LogP) is 2.14. The number of aromatic nitrogens is 2. The fourth-order valence-electron chi connectivity index (χ4n) is 1.70. The Hall–Kier alpha value is -0.940. The van der Waals surface area contributed by atoms with Gasteiger partial charge in [-0.15, -0.1) is 5.10 Å². The second-order valence-electron chi connectivity index (χ2n) is 4.96. The van der Waals surface area contributed by atoms with Gasteiger partial charge in [-0.2, -0.15) is 0 Å². The molecule has 2 N–H and O–H groups in total. The third-order valence-corrected chi connectivity index (χ3v) is 3.35. The molecule has 1 aliphatic rings. The number of nitrogens with zero attached hydrogens (tertiary/aromatic N) is 2. The molecule has 1 aromatic heterocycles. The van der Waals surface area contributed by atoms with Crippen LogP contribution in [0.15, 0.2) is 11.8 Å². The summed E-state index contributed by atoms with van der Waals surface area (Å²) in [5.41, 5.74) is 7.12. The lowest BCUT2D eigenvalue weighted by Crippen LogP contribution is -2.20. The molecule has 1 aromatic rings. The Labute approximate surface area is 99.7 Å². The van der Waals surface area contributed by atoms with E-state index in [1.165, 1.54) is 11.5 Å². The van der Waals surface area contributed by atoms with Crippen LogP contribution in [0.5, 0.6) is 0 Å². The van der Waals surface area contributed by atoms with E-state index in [0.717, 1.165) is 29.4 Å². The number of hydrogen-bond acceptors (Lipinski definition) is 5. The van der Waals surface area contributed by atoms with Crippen molar-refractivity contribution < 1.29 is 4.74 Å². The van der Waals surface area contributed by atoms with Crippen LogP contribution in [0.3, 0.4) is 0 Å². The van der Waals surface area contributed by atoms with Gasteiger partial charge in [0.25, 0.3) is 0 Å². The Kier molecular flexibility index (Phi) is 2.99. The zero-order valence-corrected chi connectivity index (χ0v) is 10.7. The van der Waals surface area contributed by atoms with Crippen LogP contribution in [-0.2, 0) is 10.2 Å². The van der Waals surface area contributed by atoms with E-state index in [4.69, 9.17) is 10.5 Å². The quantitative estimate of drug-likeness (QED) is 0.859. The predicted molar refractivity (Wildman–Crippen MR) is 64.2 cm³/mol. The van der Waals surface area contributed by atoms with Gasteiger partial charge in [-0.25, -0.2) is 0 Å². The molecule has 1 atom stereocenters. The lowest BCUT2D eigenvalue weighted by atomic mass is 9.90. The molecular weight excluding hydrogens is 222 g/mol. The molecule has 0 aliphatic carbocycles. The topological polar surface area (TPSA) is 61.0 Å². The largest absolute Gasteiger partial charge is 0.496 e. The van der Waals surface area contributed by atoms with Gasteiger partial charge in [-0.3, -0.25) is 0 Å². The van der Waals surface area contributed by atoms with Gasteiger partial charge in [-0.1, -0.05) is 25.3 Å². The van der Waals surface area contributed by atoms with Crippen LogP contribution in [0.1, 0.15) is 43.8 Å². The van der Waals surface area contributed by atoms with Crippen molar-refractivity contribution in [3.05, 3.63) is 22.4 Å². The molecule has 1 aliphatic heterocycles. The molecule has 5 heteroatoms. The normalized spacial score (nSPS) is 18.1. The molecule has 0 radical (unpaired) electrons. The summed E-state index contributed by atoms with van der Waals surface area (Å²) in [7, 11) is 0. The van der Waals surface area contributed by atoms with Crippen molar-refractivity contribution >= 4 is 11.5 Å². The maximum absolute atomic E-state index is 6.18. The molecule has 0 amide bonds. The molecule has 1 unspecified atom stereocenters. The molecule has 2 rings (SSSR count). The summed E-state index contributed by atoms with van der Waals surface area (Å²) in [6.45, 7) is 7.08. The van der Waals surface area contributed by atoms with E-state index < -0.39 is 0 Å². The summed E-state index contributed by atoms with van der Waals surface area (Å²) in [5.74, 6) is 0.858. The molecule has 0 spiro atoms. The minimum Gasteiger partial charge on any atom is -0.496 e. The van der Waals surface area contributed by atoms with E-state index in [9.17, 15) is 0 Å². The van der Waals surface area contributed by atoms with Crippen molar-refractivity contribution in [3.8, 4) is 0 Å². The van der Waals surface area contributed by atoms with Crippen LogP contribution in [0.4, 0.5) is 0 Å². The number of hydrogen-bond donors (Lipinski definition) is 1. The minimum absolute atomic E-state index is 0.0287. The molecule has 88 valence electrons. The van der Waals surface area contributed by atoms with Crippen LogP contribution in [0, 0.1) is 0 Å². The van der Waals surface area contributed by atoms with Gasteiger partial charge < -0.3 is 10.5 Å². The molecule has 0 aromatic carbocycles. The van der Waals surface area contributed by atoms with E-state index in [2.05, 4.69) is 36.4 Å². The Bertz CT molecular complexity index is 406. The molecule has 4 nitrogen and oxygen atoms in total. The first-order chi connectivity index (χ1) is 7.50. The van der Waals surface area contributed by atoms with Crippen molar-refractivity contribution in [3.63, 3.8) is 0 Å². The maximum Gasteiger partial charge on any atom is 0.114 e. The molecule has 0 saturated heterocycles. The third-order valence-electron chi connectivity index (χ3n) is 2.54. The Morgan fingerprint density at radius 2 is 2.25 bits per heavy atom. The van der Waals surface area contributed by atoms with Crippen molar-refractivity contribution in [1.29, 1.82) is 0 Å². The molecular formula is C11H17N3OS. The summed E-state index contributed by atoms with van der Waals surface area (Å²) < 4.78 is 9.50. The van der Waals surface area contributed by atoms with E-state index >= 15 is 0 Å². The summed E-state index contributed by atoms with van der Waals surface area (Å²) >= 11 is 1.36. The Balaban J connectivity index is 2.30. The van der Waals surface area contributed by atoms with Gasteiger partial charge in [0.05, 0.1) is 17.2 Å². The SMILES string of the molecule is CC(C)(C)c1nnsc1C(N)C1=CCCO1. The van der Waals surface area contributed by atoms with Crippen molar-refractivity contribution in [2.45, 2.75) is 38.6 Å². The Morgan fingerprint density at radius 1 is 1.50 bits per heavy atom. The highest BCUT2D eigenvalue weighted by atomic mass is 32.1. The van der Waals surface area contributed by atoms with Gasteiger partial charge in [0.1, 0.15) is 11.8 Å². The van der Waals surface area contributed by atoms with Gasteiger partial charge in [-0.05, 0) is 17.6 Å². The zero-order chi connectivity index (χ0) is 11.8. The molecule has 0 fully saturated rings. The first-order valence-corrected chi connectivity index (χ1v) is 6.18. The van der Waals surface area contributed by atoms with Crippen molar-refractivity contribution in [2.24, 2.45) is 5.73 Å². The highest BCUT2D eigenvalue weighted by Crippen LogP contribution is 2.33. The van der Waals surface area contributed by atoms with Crippen molar-refractivity contribution in [2.75, 3.05) is 6.61 Å². The monoisotopic (exact) mass is 239 g/mol. The smallest absolute Gasteiger partial charge is 0.114 e. The summed E-state index contributed by atoms with van der Waals surface area (Å²) in [6, 6.07) is -0.211. The number of rotatable bonds is 2. The highest BCUT2D eigenvalue weighted by Gasteiger charge is 2.28. The minimum atomic E-state index is -0.211. The third kappa shape index (κ3) is 2.10. The van der Waals surface area contributed by atoms with Gasteiger partial charge in [0.2, 0.25) is 0 Å². The average Bonchev–Trinajstić information content (AvgIpc) is 2.87. The second-order valence-corrected chi connectivity index (χ2v) is 5.74. The number of nitrogens with two attached hydrogens (primary N) is 1. The van der Waals surface area contributed by atoms with E-state index in [1.807, 2.05) is 0 Å². The first kappa shape index (κ1) is 11.5. The van der Waals surface area contributed by atoms with Crippen molar-refractivity contribution in [1.82, 2.24) is 9.59 Å². The van der Waals surface area contributed by atoms with Crippen LogP contribution >= 0.6 is 11.5 Å². The lowest BCUT2D eigenvalue weighted by molar-refractivity contribution is 0.225. The second kappa shape index (κ2) is 4.14. The fraction of sp³-hybridized carbons (Fsp3) is 0.636. The maximum atomic E-state index is 6.18. The van der Waals surface area contributed by atoms with E-state index in [1.54, 1.807) is 0 Å². The average molecular weight is 239 g/mol. The molecule has 16 heavy (non-hydrogen) atoms. The van der Waals surface area contributed by atoms with Crippen LogP contribution < -0.4 is 5.73 Å². The lowest BCUT2D eigenvalue weighted by Gasteiger charge is -2.19. The van der Waals surface area contributed by atoms with E-state index in [-0.39, 0.29) is 11.5 Å². The first-order valence-electron chi connectivity index (χ1n) is 5.41. The van der Waals surface area contributed by atoms with Gasteiger partial charge >= 0.3 is 0 Å². The molecule has 0 saturated carbocycles.